The molecule has 118 valence electrons. The molecule has 1 aliphatic heterocycles. The Morgan fingerprint density at radius 1 is 1.27 bits per heavy atom. The van der Waals surface area contributed by atoms with Gasteiger partial charge in [0.15, 0.2) is 6.10 Å². The fourth-order valence-electron chi connectivity index (χ4n) is 4.75. The average Bonchev–Trinajstić information content (AvgIpc) is 3.15. The van der Waals surface area contributed by atoms with Crippen molar-refractivity contribution in [2.45, 2.75) is 37.8 Å². The van der Waals surface area contributed by atoms with Gasteiger partial charge in [-0.05, 0) is 48.6 Å². The summed E-state index contributed by atoms with van der Waals surface area (Å²) < 4.78 is 5.75. The molecule has 5 atom stereocenters. The summed E-state index contributed by atoms with van der Waals surface area (Å²) >= 11 is 0. The molecular weight excluding hydrogens is 278 g/mol. The van der Waals surface area contributed by atoms with Crippen molar-refractivity contribution in [1.82, 2.24) is 5.32 Å². The molecule has 2 saturated carbocycles. The number of benzene rings is 1. The molecule has 2 bridgehead atoms. The predicted octanol–water partition coefficient (Wildman–Crippen LogP) is 1.82. The van der Waals surface area contributed by atoms with Crippen LogP contribution in [0.2, 0.25) is 0 Å². The van der Waals surface area contributed by atoms with Crippen molar-refractivity contribution in [2.75, 3.05) is 13.2 Å². The number of ether oxygens (including phenoxy) is 1. The van der Waals surface area contributed by atoms with Gasteiger partial charge in [-0.25, -0.2) is 0 Å². The summed E-state index contributed by atoms with van der Waals surface area (Å²) in [5.74, 6) is 1.30. The molecule has 1 amide bonds. The lowest BCUT2D eigenvalue weighted by Gasteiger charge is -2.33. The predicted molar refractivity (Wildman–Crippen MR) is 82.2 cm³/mol. The highest BCUT2D eigenvalue weighted by Crippen LogP contribution is 2.48. The summed E-state index contributed by atoms with van der Waals surface area (Å²) in [4.78, 5) is 12.7. The smallest absolute Gasteiger partial charge is 0.254 e. The maximum Gasteiger partial charge on any atom is 0.254 e. The Morgan fingerprint density at radius 2 is 2.09 bits per heavy atom. The minimum absolute atomic E-state index is 0.0388. The second-order valence-electron chi connectivity index (χ2n) is 6.91. The Balaban J connectivity index is 1.51. The summed E-state index contributed by atoms with van der Waals surface area (Å²) in [6.45, 7) is 0.767. The van der Waals surface area contributed by atoms with Crippen molar-refractivity contribution in [2.24, 2.45) is 17.8 Å². The van der Waals surface area contributed by atoms with Gasteiger partial charge in [-0.3, -0.25) is 4.79 Å². The van der Waals surface area contributed by atoms with Crippen LogP contribution in [0.5, 0.6) is 0 Å². The number of carbonyl (C=O) groups excluding carboxylic acids is 1. The van der Waals surface area contributed by atoms with E-state index in [0.717, 1.165) is 18.4 Å². The Bertz CT molecular complexity index is 573. The lowest BCUT2D eigenvalue weighted by atomic mass is 9.84. The minimum Gasteiger partial charge on any atom is -0.396 e. The fourth-order valence-corrected chi connectivity index (χ4v) is 4.75. The van der Waals surface area contributed by atoms with Gasteiger partial charge in [0, 0.05) is 18.6 Å². The molecule has 1 aromatic rings. The number of rotatable bonds is 3. The van der Waals surface area contributed by atoms with Crippen LogP contribution in [0, 0.1) is 17.8 Å². The van der Waals surface area contributed by atoms with Crippen LogP contribution in [-0.4, -0.2) is 30.3 Å². The first-order valence-corrected chi connectivity index (χ1v) is 8.38. The molecule has 4 heteroatoms. The SMILES string of the molecule is O=C(N[C@@H]1[C@H]2CC[C@@H](C2)[C@@H]1CO)[C@@H]1OCCc2ccccc21. The minimum atomic E-state index is -0.497. The number of amides is 1. The summed E-state index contributed by atoms with van der Waals surface area (Å²) in [5, 5.41) is 12.9. The van der Waals surface area contributed by atoms with Crippen LogP contribution >= 0.6 is 0 Å². The number of aliphatic hydroxyl groups is 1. The summed E-state index contributed by atoms with van der Waals surface area (Å²) in [7, 11) is 0. The van der Waals surface area contributed by atoms with Crippen LogP contribution in [0.15, 0.2) is 24.3 Å². The highest BCUT2D eigenvalue weighted by Gasteiger charge is 2.48. The molecule has 2 aliphatic carbocycles. The van der Waals surface area contributed by atoms with E-state index in [9.17, 15) is 9.90 Å². The zero-order valence-corrected chi connectivity index (χ0v) is 12.7. The number of carbonyl (C=O) groups is 1. The number of nitrogens with one attached hydrogen (secondary N) is 1. The summed E-state index contributed by atoms with van der Waals surface area (Å²) in [5.41, 5.74) is 2.20. The van der Waals surface area contributed by atoms with E-state index in [2.05, 4.69) is 11.4 Å². The Kier molecular flexibility index (Phi) is 3.66. The van der Waals surface area contributed by atoms with Crippen LogP contribution in [0.3, 0.4) is 0 Å². The molecule has 0 saturated heterocycles. The number of hydrogen-bond acceptors (Lipinski definition) is 3. The summed E-state index contributed by atoms with van der Waals surface area (Å²) in [6, 6.07) is 8.16. The zero-order chi connectivity index (χ0) is 15.1. The van der Waals surface area contributed by atoms with Crippen LogP contribution in [0.25, 0.3) is 0 Å². The molecule has 0 spiro atoms. The molecule has 0 unspecified atom stereocenters. The first-order valence-electron chi connectivity index (χ1n) is 8.38. The number of aliphatic hydroxyl groups excluding tert-OH is 1. The highest BCUT2D eigenvalue weighted by atomic mass is 16.5. The molecule has 4 rings (SSSR count). The third-order valence-corrected chi connectivity index (χ3v) is 5.84. The molecule has 2 fully saturated rings. The molecule has 1 heterocycles. The van der Waals surface area contributed by atoms with Gasteiger partial charge >= 0.3 is 0 Å². The topological polar surface area (TPSA) is 58.6 Å². The first-order chi connectivity index (χ1) is 10.8. The van der Waals surface area contributed by atoms with E-state index in [-0.39, 0.29) is 24.5 Å². The second-order valence-corrected chi connectivity index (χ2v) is 6.91. The fraction of sp³-hybridized carbons (Fsp3) is 0.611. The lowest BCUT2D eigenvalue weighted by molar-refractivity contribution is -0.135. The normalized spacial score (nSPS) is 36.1. The van der Waals surface area contributed by atoms with Gasteiger partial charge < -0.3 is 15.2 Å². The van der Waals surface area contributed by atoms with E-state index in [4.69, 9.17) is 4.74 Å². The van der Waals surface area contributed by atoms with E-state index in [1.807, 2.05) is 18.2 Å². The van der Waals surface area contributed by atoms with Gasteiger partial charge in [0.1, 0.15) is 0 Å². The van der Waals surface area contributed by atoms with Crippen molar-refractivity contribution >= 4 is 5.91 Å². The Labute approximate surface area is 130 Å². The van der Waals surface area contributed by atoms with E-state index in [1.54, 1.807) is 0 Å². The van der Waals surface area contributed by atoms with Gasteiger partial charge in [-0.15, -0.1) is 0 Å². The molecule has 0 aromatic heterocycles. The first kappa shape index (κ1) is 14.2. The maximum absolute atomic E-state index is 12.7. The van der Waals surface area contributed by atoms with Gasteiger partial charge in [0.25, 0.3) is 5.91 Å². The van der Waals surface area contributed by atoms with Crippen LogP contribution in [0.4, 0.5) is 0 Å². The van der Waals surface area contributed by atoms with Crippen molar-refractivity contribution in [3.8, 4) is 0 Å². The van der Waals surface area contributed by atoms with Gasteiger partial charge in [-0.1, -0.05) is 24.3 Å². The quantitative estimate of drug-likeness (QED) is 0.895. The average molecular weight is 301 g/mol. The Hall–Kier alpha value is -1.39. The van der Waals surface area contributed by atoms with Gasteiger partial charge in [0.2, 0.25) is 0 Å². The third kappa shape index (κ3) is 2.25. The molecule has 1 aromatic carbocycles. The highest BCUT2D eigenvalue weighted by molar-refractivity contribution is 5.83. The number of hydrogen-bond donors (Lipinski definition) is 2. The molecule has 4 nitrogen and oxygen atoms in total. The van der Waals surface area contributed by atoms with Crippen molar-refractivity contribution < 1.29 is 14.6 Å². The van der Waals surface area contributed by atoms with Crippen LogP contribution in [0.1, 0.15) is 36.5 Å². The van der Waals surface area contributed by atoms with Crippen LogP contribution in [-0.2, 0) is 16.0 Å². The van der Waals surface area contributed by atoms with E-state index >= 15 is 0 Å². The molecular formula is C18H23NO3. The largest absolute Gasteiger partial charge is 0.396 e. The standard InChI is InChI=1S/C18H23NO3/c20-10-15-12-5-6-13(9-12)16(15)19-18(21)17-14-4-2-1-3-11(14)7-8-22-17/h1-4,12-13,15-17,20H,5-10H2,(H,19,21)/t12-,13-,15-,16+,17+/m0/s1. The van der Waals surface area contributed by atoms with Crippen LogP contribution < -0.4 is 5.32 Å². The van der Waals surface area contributed by atoms with Crippen molar-refractivity contribution in [3.05, 3.63) is 35.4 Å². The zero-order valence-electron chi connectivity index (χ0n) is 12.7. The molecule has 0 radical (unpaired) electrons. The lowest BCUT2D eigenvalue weighted by Crippen LogP contribution is -2.47. The van der Waals surface area contributed by atoms with Gasteiger partial charge in [0.05, 0.1) is 6.61 Å². The number of fused-ring (bicyclic) bond motifs is 3. The van der Waals surface area contributed by atoms with Crippen molar-refractivity contribution in [3.63, 3.8) is 0 Å². The molecule has 3 aliphatic rings. The second kappa shape index (κ2) is 5.67. The Morgan fingerprint density at radius 3 is 2.95 bits per heavy atom. The van der Waals surface area contributed by atoms with E-state index in [1.165, 1.54) is 18.4 Å². The third-order valence-electron chi connectivity index (χ3n) is 5.84. The molecule has 22 heavy (non-hydrogen) atoms. The summed E-state index contributed by atoms with van der Waals surface area (Å²) in [6.07, 6.45) is 3.90. The molecule has 2 N–H and O–H groups in total. The van der Waals surface area contributed by atoms with Crippen molar-refractivity contribution in [1.29, 1.82) is 0 Å². The van der Waals surface area contributed by atoms with E-state index in [0.29, 0.717) is 18.4 Å². The van der Waals surface area contributed by atoms with Gasteiger partial charge in [-0.2, -0.15) is 0 Å². The monoisotopic (exact) mass is 301 g/mol. The van der Waals surface area contributed by atoms with E-state index < -0.39 is 6.10 Å². The maximum atomic E-state index is 12.7.